The molecular formula is C17H13NO3S2. The second-order valence-electron chi connectivity index (χ2n) is 4.91. The Hall–Kier alpha value is -2.44. The lowest BCUT2D eigenvalue weighted by Gasteiger charge is -2.03. The number of amides is 1. The largest absolute Gasteiger partial charge is 0.477 e. The van der Waals surface area contributed by atoms with Gasteiger partial charge in [0.1, 0.15) is 4.88 Å². The maximum absolute atomic E-state index is 12.3. The van der Waals surface area contributed by atoms with Gasteiger partial charge in [0, 0.05) is 4.88 Å². The van der Waals surface area contributed by atoms with E-state index in [9.17, 15) is 14.7 Å². The van der Waals surface area contributed by atoms with E-state index in [4.69, 9.17) is 0 Å². The Labute approximate surface area is 141 Å². The maximum Gasteiger partial charge on any atom is 0.348 e. The van der Waals surface area contributed by atoms with E-state index in [0.717, 1.165) is 27.3 Å². The molecule has 4 nitrogen and oxygen atoms in total. The van der Waals surface area contributed by atoms with Gasteiger partial charge in [0.2, 0.25) is 0 Å². The van der Waals surface area contributed by atoms with Gasteiger partial charge in [-0.2, -0.15) is 0 Å². The highest BCUT2D eigenvalue weighted by atomic mass is 32.1. The van der Waals surface area contributed by atoms with Crippen molar-refractivity contribution in [3.8, 4) is 10.4 Å². The van der Waals surface area contributed by atoms with Crippen molar-refractivity contribution < 1.29 is 14.7 Å². The summed E-state index contributed by atoms with van der Waals surface area (Å²) in [5.74, 6) is -1.33. The third-order valence-electron chi connectivity index (χ3n) is 3.30. The van der Waals surface area contributed by atoms with Crippen LogP contribution in [-0.2, 0) is 0 Å². The standard InChI is InChI=1S/C17H13NO3S2/c1-10-7-8-22-14(10)16(19)18-12-9-13(23-15(12)17(20)21)11-5-3-2-4-6-11/h2-9H,1H3,(H,18,19)(H,20,21). The topological polar surface area (TPSA) is 66.4 Å². The van der Waals surface area contributed by atoms with Crippen molar-refractivity contribution in [2.45, 2.75) is 6.92 Å². The average molecular weight is 343 g/mol. The van der Waals surface area contributed by atoms with Crippen LogP contribution in [0.4, 0.5) is 5.69 Å². The molecule has 0 saturated heterocycles. The molecule has 0 spiro atoms. The van der Waals surface area contributed by atoms with Crippen LogP contribution in [0.3, 0.4) is 0 Å². The molecule has 0 radical (unpaired) electrons. The smallest absolute Gasteiger partial charge is 0.348 e. The lowest BCUT2D eigenvalue weighted by molar-refractivity contribution is 0.0703. The van der Waals surface area contributed by atoms with Gasteiger partial charge in [-0.1, -0.05) is 30.3 Å². The fourth-order valence-corrected chi connectivity index (χ4v) is 3.95. The number of carbonyl (C=O) groups is 2. The van der Waals surface area contributed by atoms with Crippen LogP contribution in [-0.4, -0.2) is 17.0 Å². The van der Waals surface area contributed by atoms with E-state index in [1.54, 1.807) is 6.07 Å². The van der Waals surface area contributed by atoms with Crippen molar-refractivity contribution in [2.24, 2.45) is 0 Å². The van der Waals surface area contributed by atoms with Gasteiger partial charge in [0.15, 0.2) is 0 Å². The molecule has 1 aromatic carbocycles. The van der Waals surface area contributed by atoms with E-state index in [-0.39, 0.29) is 10.8 Å². The predicted molar refractivity (Wildman–Crippen MR) is 93.7 cm³/mol. The second-order valence-corrected chi connectivity index (χ2v) is 6.88. The summed E-state index contributed by atoms with van der Waals surface area (Å²) in [5, 5.41) is 14.0. The van der Waals surface area contributed by atoms with E-state index in [2.05, 4.69) is 5.32 Å². The SMILES string of the molecule is Cc1ccsc1C(=O)Nc1cc(-c2ccccc2)sc1C(=O)O. The van der Waals surface area contributed by atoms with Gasteiger partial charge < -0.3 is 10.4 Å². The summed E-state index contributed by atoms with van der Waals surface area (Å²) in [6.07, 6.45) is 0. The summed E-state index contributed by atoms with van der Waals surface area (Å²) in [6.45, 7) is 1.85. The minimum Gasteiger partial charge on any atom is -0.477 e. The molecule has 6 heteroatoms. The number of thiophene rings is 2. The van der Waals surface area contributed by atoms with Gasteiger partial charge in [-0.25, -0.2) is 4.79 Å². The summed E-state index contributed by atoms with van der Waals surface area (Å²) >= 11 is 2.49. The molecule has 2 heterocycles. The Bertz CT molecular complexity index is 865. The lowest BCUT2D eigenvalue weighted by atomic mass is 10.2. The number of carboxylic acids is 1. The molecule has 0 atom stereocenters. The van der Waals surface area contributed by atoms with Gasteiger partial charge in [-0.3, -0.25) is 4.79 Å². The van der Waals surface area contributed by atoms with Crippen molar-refractivity contribution >= 4 is 40.2 Å². The number of anilines is 1. The van der Waals surface area contributed by atoms with Crippen LogP contribution in [0.5, 0.6) is 0 Å². The van der Waals surface area contributed by atoms with Crippen LogP contribution < -0.4 is 5.32 Å². The van der Waals surface area contributed by atoms with Crippen molar-refractivity contribution in [1.82, 2.24) is 0 Å². The first-order chi connectivity index (χ1) is 11.1. The minimum atomic E-state index is -1.05. The highest BCUT2D eigenvalue weighted by Gasteiger charge is 2.19. The van der Waals surface area contributed by atoms with Crippen LogP contribution in [0.25, 0.3) is 10.4 Å². The fourth-order valence-electron chi connectivity index (χ4n) is 2.17. The van der Waals surface area contributed by atoms with E-state index in [1.807, 2.05) is 48.7 Å². The molecule has 0 aliphatic heterocycles. The molecule has 2 aromatic heterocycles. The molecule has 0 bridgehead atoms. The first kappa shape index (κ1) is 15.5. The molecule has 3 aromatic rings. The van der Waals surface area contributed by atoms with E-state index < -0.39 is 5.97 Å². The molecule has 0 unspecified atom stereocenters. The van der Waals surface area contributed by atoms with Crippen LogP contribution in [0.2, 0.25) is 0 Å². The van der Waals surface area contributed by atoms with Gasteiger partial charge >= 0.3 is 5.97 Å². The van der Waals surface area contributed by atoms with Gasteiger partial charge in [-0.15, -0.1) is 22.7 Å². The lowest BCUT2D eigenvalue weighted by Crippen LogP contribution is -2.12. The van der Waals surface area contributed by atoms with Crippen LogP contribution in [0.15, 0.2) is 47.8 Å². The molecule has 2 N–H and O–H groups in total. The number of carbonyl (C=O) groups excluding carboxylic acids is 1. The molecule has 1 amide bonds. The Balaban J connectivity index is 1.95. The Morgan fingerprint density at radius 1 is 1.09 bits per heavy atom. The minimum absolute atomic E-state index is 0.131. The van der Waals surface area contributed by atoms with Crippen LogP contribution >= 0.6 is 22.7 Å². The van der Waals surface area contributed by atoms with Crippen molar-refractivity contribution in [1.29, 1.82) is 0 Å². The highest BCUT2D eigenvalue weighted by Crippen LogP contribution is 2.35. The Morgan fingerprint density at radius 2 is 1.83 bits per heavy atom. The number of aromatic carboxylic acids is 1. The Morgan fingerprint density at radius 3 is 2.43 bits per heavy atom. The first-order valence-electron chi connectivity index (χ1n) is 6.84. The molecular weight excluding hydrogens is 330 g/mol. The molecule has 0 saturated carbocycles. The average Bonchev–Trinajstić information content (AvgIpc) is 3.14. The van der Waals surface area contributed by atoms with E-state index in [1.165, 1.54) is 11.3 Å². The zero-order valence-corrected chi connectivity index (χ0v) is 13.8. The number of nitrogens with one attached hydrogen (secondary N) is 1. The van der Waals surface area contributed by atoms with E-state index >= 15 is 0 Å². The molecule has 23 heavy (non-hydrogen) atoms. The summed E-state index contributed by atoms with van der Waals surface area (Å²) < 4.78 is 0. The fraction of sp³-hybridized carbons (Fsp3) is 0.0588. The molecule has 116 valence electrons. The van der Waals surface area contributed by atoms with Gasteiger partial charge in [-0.05, 0) is 35.6 Å². The Kier molecular flexibility index (Phi) is 4.27. The third-order valence-corrected chi connectivity index (χ3v) is 5.49. The molecule has 0 aliphatic carbocycles. The monoisotopic (exact) mass is 343 g/mol. The quantitative estimate of drug-likeness (QED) is 0.719. The number of hydrogen-bond donors (Lipinski definition) is 2. The van der Waals surface area contributed by atoms with Crippen molar-refractivity contribution in [3.63, 3.8) is 0 Å². The molecule has 0 aliphatic rings. The summed E-state index contributed by atoms with van der Waals surface area (Å²) in [5.41, 5.74) is 2.13. The summed E-state index contributed by atoms with van der Waals surface area (Å²) in [4.78, 5) is 25.3. The number of aryl methyl sites for hydroxylation is 1. The van der Waals surface area contributed by atoms with Gasteiger partial charge in [0.25, 0.3) is 5.91 Å². The van der Waals surface area contributed by atoms with E-state index in [0.29, 0.717) is 10.6 Å². The molecule has 0 fully saturated rings. The van der Waals surface area contributed by atoms with Crippen LogP contribution in [0, 0.1) is 6.92 Å². The number of benzene rings is 1. The van der Waals surface area contributed by atoms with Crippen molar-refractivity contribution in [3.05, 3.63) is 63.2 Å². The zero-order chi connectivity index (χ0) is 16.4. The predicted octanol–water partition coefficient (Wildman–Crippen LogP) is 4.74. The van der Waals surface area contributed by atoms with Crippen LogP contribution in [0.1, 0.15) is 24.9 Å². The second kappa shape index (κ2) is 6.36. The normalized spacial score (nSPS) is 10.5. The number of carboxylic acid groups (broad SMARTS) is 1. The summed E-state index contributed by atoms with van der Waals surface area (Å²) in [7, 11) is 0. The van der Waals surface area contributed by atoms with Gasteiger partial charge in [0.05, 0.1) is 10.6 Å². The first-order valence-corrected chi connectivity index (χ1v) is 8.54. The highest BCUT2D eigenvalue weighted by molar-refractivity contribution is 7.18. The zero-order valence-electron chi connectivity index (χ0n) is 12.2. The van der Waals surface area contributed by atoms with Crippen molar-refractivity contribution in [2.75, 3.05) is 5.32 Å². The number of rotatable bonds is 4. The third kappa shape index (κ3) is 3.18. The maximum atomic E-state index is 12.3. The number of hydrogen-bond acceptors (Lipinski definition) is 4. The summed E-state index contributed by atoms with van der Waals surface area (Å²) in [6, 6.07) is 13.1. The molecule has 3 rings (SSSR count).